The Morgan fingerprint density at radius 2 is 1.87 bits per heavy atom. The molecule has 120 valence electrons. The van der Waals surface area contributed by atoms with Gasteiger partial charge in [-0.05, 0) is 24.5 Å². The molecule has 0 atom stereocenters. The highest BCUT2D eigenvalue weighted by Gasteiger charge is 2.32. The van der Waals surface area contributed by atoms with Crippen molar-refractivity contribution in [1.29, 1.82) is 0 Å². The van der Waals surface area contributed by atoms with Gasteiger partial charge >= 0.3 is 0 Å². The van der Waals surface area contributed by atoms with Gasteiger partial charge in [0.25, 0.3) is 5.91 Å². The highest BCUT2D eigenvalue weighted by molar-refractivity contribution is 6.11. The number of carbonyl (C=O) groups is 4. The van der Waals surface area contributed by atoms with Crippen LogP contribution >= 0.6 is 0 Å². The molecule has 1 saturated carbocycles. The van der Waals surface area contributed by atoms with Crippen LogP contribution in [0.15, 0.2) is 24.3 Å². The molecule has 2 aliphatic rings. The minimum atomic E-state index is -0.531. The predicted molar refractivity (Wildman–Crippen MR) is 80.4 cm³/mol. The molecule has 0 bridgehead atoms. The minimum absolute atomic E-state index is 0.0946. The first kappa shape index (κ1) is 15.2. The molecule has 1 aliphatic carbocycles. The number of amides is 4. The Morgan fingerprint density at radius 3 is 2.61 bits per heavy atom. The first-order valence-electron chi connectivity index (χ1n) is 7.53. The fraction of sp³-hybridized carbons (Fsp3) is 0.375. The van der Waals surface area contributed by atoms with E-state index in [-0.39, 0.29) is 31.5 Å². The van der Waals surface area contributed by atoms with Crippen LogP contribution in [0, 0.1) is 0 Å². The van der Waals surface area contributed by atoms with Gasteiger partial charge in [0.15, 0.2) is 0 Å². The van der Waals surface area contributed by atoms with Crippen LogP contribution in [-0.2, 0) is 20.8 Å². The largest absolute Gasteiger partial charge is 0.352 e. The number of imide groups is 1. The van der Waals surface area contributed by atoms with Crippen LogP contribution in [0.5, 0.6) is 0 Å². The summed E-state index contributed by atoms with van der Waals surface area (Å²) in [4.78, 5) is 48.7. The van der Waals surface area contributed by atoms with Crippen molar-refractivity contribution in [2.24, 2.45) is 0 Å². The molecule has 7 heteroatoms. The molecule has 3 rings (SSSR count). The van der Waals surface area contributed by atoms with Crippen molar-refractivity contribution in [1.82, 2.24) is 15.5 Å². The lowest BCUT2D eigenvalue weighted by molar-refractivity contribution is -0.133. The lowest BCUT2D eigenvalue weighted by Gasteiger charge is -2.26. The van der Waals surface area contributed by atoms with Crippen LogP contribution in [0.4, 0.5) is 0 Å². The quantitative estimate of drug-likeness (QED) is 0.723. The number of nitrogens with zero attached hydrogens (tertiary/aromatic N) is 1. The van der Waals surface area contributed by atoms with Crippen molar-refractivity contribution >= 4 is 23.6 Å². The van der Waals surface area contributed by atoms with E-state index in [2.05, 4.69) is 10.6 Å². The molecule has 1 aliphatic heterocycles. The van der Waals surface area contributed by atoms with Crippen LogP contribution in [-0.4, -0.2) is 47.7 Å². The summed E-state index contributed by atoms with van der Waals surface area (Å²) in [6.07, 6.45) is 2.03. The van der Waals surface area contributed by atoms with Gasteiger partial charge in [0, 0.05) is 11.6 Å². The minimum Gasteiger partial charge on any atom is -0.352 e. The molecule has 1 heterocycles. The summed E-state index contributed by atoms with van der Waals surface area (Å²) >= 11 is 0. The van der Waals surface area contributed by atoms with Crippen LogP contribution < -0.4 is 10.6 Å². The zero-order chi connectivity index (χ0) is 16.4. The Kier molecular flexibility index (Phi) is 4.10. The molecule has 0 spiro atoms. The number of carbonyl (C=O) groups excluding carboxylic acids is 4. The number of fused-ring (bicyclic) bond motifs is 1. The van der Waals surface area contributed by atoms with E-state index in [9.17, 15) is 19.2 Å². The van der Waals surface area contributed by atoms with Crippen molar-refractivity contribution in [3.8, 4) is 0 Å². The molecule has 7 nitrogen and oxygen atoms in total. The summed E-state index contributed by atoms with van der Waals surface area (Å²) in [7, 11) is 0. The van der Waals surface area contributed by atoms with E-state index in [0.717, 1.165) is 17.7 Å². The number of rotatable bonds is 5. The van der Waals surface area contributed by atoms with Gasteiger partial charge in [-0.1, -0.05) is 18.2 Å². The highest BCUT2D eigenvalue weighted by Crippen LogP contribution is 2.19. The van der Waals surface area contributed by atoms with Crippen molar-refractivity contribution in [3.05, 3.63) is 35.4 Å². The maximum atomic E-state index is 12.3. The zero-order valence-electron chi connectivity index (χ0n) is 12.5. The zero-order valence-corrected chi connectivity index (χ0v) is 12.5. The second-order valence-corrected chi connectivity index (χ2v) is 5.74. The smallest absolute Gasteiger partial charge is 0.261 e. The fourth-order valence-corrected chi connectivity index (χ4v) is 2.44. The molecule has 0 aromatic heterocycles. The molecule has 0 radical (unpaired) electrons. The summed E-state index contributed by atoms with van der Waals surface area (Å²) in [5, 5.41) is 5.17. The number of nitrogens with one attached hydrogen (secondary N) is 2. The molecule has 23 heavy (non-hydrogen) atoms. The normalized spacial score (nSPS) is 16.8. The Morgan fingerprint density at radius 1 is 1.13 bits per heavy atom. The summed E-state index contributed by atoms with van der Waals surface area (Å²) in [5.41, 5.74) is 1.11. The fourth-order valence-electron chi connectivity index (χ4n) is 2.44. The van der Waals surface area contributed by atoms with E-state index in [1.54, 1.807) is 24.3 Å². The Labute approximate surface area is 133 Å². The number of benzene rings is 1. The SMILES string of the molecule is O=C(CN1C(=O)Cc2ccccc2C1=O)NCC(=O)NC1CC1. The van der Waals surface area contributed by atoms with Gasteiger partial charge in [-0.15, -0.1) is 0 Å². The third-order valence-electron chi connectivity index (χ3n) is 3.83. The molecule has 1 aromatic carbocycles. The van der Waals surface area contributed by atoms with E-state index in [1.807, 2.05) is 0 Å². The average Bonchev–Trinajstić information content (AvgIpc) is 3.33. The molecule has 4 amide bonds. The van der Waals surface area contributed by atoms with Crippen LogP contribution in [0.2, 0.25) is 0 Å². The molecule has 2 N–H and O–H groups in total. The monoisotopic (exact) mass is 315 g/mol. The van der Waals surface area contributed by atoms with Crippen molar-refractivity contribution in [2.45, 2.75) is 25.3 Å². The van der Waals surface area contributed by atoms with Crippen LogP contribution in [0.3, 0.4) is 0 Å². The molecule has 0 saturated heterocycles. The van der Waals surface area contributed by atoms with Gasteiger partial charge in [-0.3, -0.25) is 24.1 Å². The Bertz CT molecular complexity index is 682. The summed E-state index contributed by atoms with van der Waals surface area (Å²) in [6, 6.07) is 7.07. The molecular formula is C16H17N3O4. The van der Waals surface area contributed by atoms with E-state index < -0.39 is 17.7 Å². The molecule has 0 unspecified atom stereocenters. The lowest BCUT2D eigenvalue weighted by Crippen LogP contribution is -2.48. The molecular weight excluding hydrogens is 298 g/mol. The van der Waals surface area contributed by atoms with Gasteiger partial charge in [-0.2, -0.15) is 0 Å². The van der Waals surface area contributed by atoms with Crippen molar-refractivity contribution < 1.29 is 19.2 Å². The van der Waals surface area contributed by atoms with Gasteiger partial charge < -0.3 is 10.6 Å². The average molecular weight is 315 g/mol. The number of hydrogen-bond acceptors (Lipinski definition) is 4. The lowest BCUT2D eigenvalue weighted by atomic mass is 9.98. The van der Waals surface area contributed by atoms with Gasteiger partial charge in [0.05, 0.1) is 13.0 Å². The van der Waals surface area contributed by atoms with Crippen LogP contribution in [0.25, 0.3) is 0 Å². The van der Waals surface area contributed by atoms with E-state index >= 15 is 0 Å². The van der Waals surface area contributed by atoms with E-state index in [1.165, 1.54) is 0 Å². The highest BCUT2D eigenvalue weighted by atomic mass is 16.2. The molecule has 1 fully saturated rings. The number of hydrogen-bond donors (Lipinski definition) is 2. The first-order valence-corrected chi connectivity index (χ1v) is 7.53. The first-order chi connectivity index (χ1) is 11.0. The third-order valence-corrected chi connectivity index (χ3v) is 3.83. The van der Waals surface area contributed by atoms with E-state index in [0.29, 0.717) is 11.1 Å². The van der Waals surface area contributed by atoms with Gasteiger partial charge in [-0.25, -0.2) is 0 Å². The van der Waals surface area contributed by atoms with Crippen molar-refractivity contribution in [2.75, 3.05) is 13.1 Å². The maximum absolute atomic E-state index is 12.3. The second-order valence-electron chi connectivity index (χ2n) is 5.74. The van der Waals surface area contributed by atoms with Gasteiger partial charge in [0.2, 0.25) is 17.7 Å². The summed E-state index contributed by atoms with van der Waals surface area (Å²) < 4.78 is 0. The summed E-state index contributed by atoms with van der Waals surface area (Å²) in [5.74, 6) is -1.68. The molecule has 1 aromatic rings. The standard InChI is InChI=1S/C16H17N3O4/c20-13(18-11-5-6-11)8-17-14(21)9-19-15(22)7-10-3-1-2-4-12(10)16(19)23/h1-4,11H,5-9H2,(H,17,21)(H,18,20). The Hall–Kier alpha value is -2.70. The topological polar surface area (TPSA) is 95.6 Å². The second kappa shape index (κ2) is 6.20. The van der Waals surface area contributed by atoms with Gasteiger partial charge in [0.1, 0.15) is 6.54 Å². The van der Waals surface area contributed by atoms with E-state index in [4.69, 9.17) is 0 Å². The predicted octanol–water partition coefficient (Wildman–Crippen LogP) is -0.394. The maximum Gasteiger partial charge on any atom is 0.261 e. The Balaban J connectivity index is 1.56. The van der Waals surface area contributed by atoms with Crippen molar-refractivity contribution in [3.63, 3.8) is 0 Å². The summed E-state index contributed by atoms with van der Waals surface area (Å²) in [6.45, 7) is -0.523. The van der Waals surface area contributed by atoms with Crippen LogP contribution in [0.1, 0.15) is 28.8 Å². The third kappa shape index (κ3) is 3.56.